The Labute approximate surface area is 84.0 Å². The van der Waals surface area contributed by atoms with Gasteiger partial charge in [0.15, 0.2) is 0 Å². The monoisotopic (exact) mass is 184 g/mol. The van der Waals surface area contributed by atoms with Crippen molar-refractivity contribution in [1.82, 2.24) is 4.98 Å². The van der Waals surface area contributed by atoms with Crippen LogP contribution in [0.5, 0.6) is 0 Å². The maximum absolute atomic E-state index is 4.21. The maximum atomic E-state index is 4.21. The molecule has 0 aromatic carbocycles. The van der Waals surface area contributed by atoms with Crippen molar-refractivity contribution in [1.29, 1.82) is 0 Å². The molecule has 0 saturated heterocycles. The van der Waals surface area contributed by atoms with Gasteiger partial charge in [-0.15, -0.1) is 0 Å². The van der Waals surface area contributed by atoms with Crippen LogP contribution < -0.4 is 0 Å². The van der Waals surface area contributed by atoms with Gasteiger partial charge in [-0.3, -0.25) is 9.98 Å². The van der Waals surface area contributed by atoms with Crippen LogP contribution in [-0.2, 0) is 0 Å². The Hall–Kier alpha value is -1.96. The number of nitrogens with zero attached hydrogens (tertiary/aromatic N) is 2. The highest BCUT2D eigenvalue weighted by Crippen LogP contribution is 2.08. The summed E-state index contributed by atoms with van der Waals surface area (Å²) in [7, 11) is 0. The van der Waals surface area contributed by atoms with E-state index in [4.69, 9.17) is 0 Å². The average Bonchev–Trinajstić information content (AvgIpc) is 2.25. The lowest BCUT2D eigenvalue weighted by atomic mass is 10.2. The first-order valence-electron chi connectivity index (χ1n) is 4.26. The van der Waals surface area contributed by atoms with Crippen LogP contribution in [0, 0.1) is 0 Å². The predicted molar refractivity (Wildman–Crippen MR) is 61.1 cm³/mol. The Bertz CT molecular complexity index is 361. The summed E-state index contributed by atoms with van der Waals surface area (Å²) in [6, 6.07) is 5.73. The number of aromatic nitrogens is 1. The van der Waals surface area contributed by atoms with Gasteiger partial charge < -0.3 is 0 Å². The minimum Gasteiger partial charge on any atom is -0.265 e. The highest BCUT2D eigenvalue weighted by Gasteiger charge is 1.96. The van der Waals surface area contributed by atoms with Crippen molar-refractivity contribution in [2.24, 2.45) is 4.99 Å². The number of hydrogen-bond donors (Lipinski definition) is 0. The van der Waals surface area contributed by atoms with Crippen molar-refractivity contribution in [2.45, 2.75) is 0 Å². The molecule has 0 amide bonds. The molecule has 0 unspecified atom stereocenters. The fourth-order valence-electron chi connectivity index (χ4n) is 0.988. The molecule has 0 bridgehead atoms. The van der Waals surface area contributed by atoms with Gasteiger partial charge in [0.1, 0.15) is 0 Å². The van der Waals surface area contributed by atoms with Crippen LogP contribution >= 0.6 is 0 Å². The topological polar surface area (TPSA) is 25.2 Å². The van der Waals surface area contributed by atoms with Crippen LogP contribution in [0.3, 0.4) is 0 Å². The average molecular weight is 184 g/mol. The van der Waals surface area contributed by atoms with E-state index in [1.54, 1.807) is 18.5 Å². The summed E-state index contributed by atoms with van der Waals surface area (Å²) >= 11 is 0. The number of aliphatic imine (C=N–C) groups is 1. The zero-order chi connectivity index (χ0) is 10.2. The predicted octanol–water partition coefficient (Wildman–Crippen LogP) is 2.87. The highest BCUT2D eigenvalue weighted by atomic mass is 14.7. The Morgan fingerprint density at radius 2 is 2.21 bits per heavy atom. The summed E-state index contributed by atoms with van der Waals surface area (Å²) in [6.45, 7) is 7.16. The van der Waals surface area contributed by atoms with Crippen LogP contribution in [0.1, 0.15) is 5.69 Å². The van der Waals surface area contributed by atoms with Gasteiger partial charge in [0, 0.05) is 24.2 Å². The molecule has 0 aliphatic carbocycles. The molecule has 0 aliphatic rings. The van der Waals surface area contributed by atoms with Crippen LogP contribution in [0.2, 0.25) is 0 Å². The van der Waals surface area contributed by atoms with Crippen molar-refractivity contribution >= 4 is 11.8 Å². The molecule has 70 valence electrons. The molecule has 14 heavy (non-hydrogen) atoms. The number of pyridine rings is 1. The van der Waals surface area contributed by atoms with Crippen LogP contribution in [-0.4, -0.2) is 11.2 Å². The molecule has 1 heterocycles. The number of hydrogen-bond acceptors (Lipinski definition) is 2. The lowest BCUT2D eigenvalue weighted by Crippen LogP contribution is -1.88. The van der Waals surface area contributed by atoms with E-state index in [9.17, 15) is 0 Å². The first kappa shape index (κ1) is 10.1. The van der Waals surface area contributed by atoms with Crippen molar-refractivity contribution in [3.05, 3.63) is 61.6 Å². The molecule has 1 rings (SSSR count). The zero-order valence-electron chi connectivity index (χ0n) is 7.93. The largest absolute Gasteiger partial charge is 0.265 e. The number of rotatable bonds is 4. The van der Waals surface area contributed by atoms with E-state index in [0.29, 0.717) is 0 Å². The van der Waals surface area contributed by atoms with E-state index in [1.165, 1.54) is 6.20 Å². The fraction of sp³-hybridized carbons (Fsp3) is 0. The van der Waals surface area contributed by atoms with Gasteiger partial charge in [0.25, 0.3) is 0 Å². The summed E-state index contributed by atoms with van der Waals surface area (Å²) in [6.07, 6.45) is 8.50. The molecular weight excluding hydrogens is 172 g/mol. The minimum absolute atomic E-state index is 0.873. The first-order valence-corrected chi connectivity index (χ1v) is 4.26. The summed E-state index contributed by atoms with van der Waals surface area (Å²) in [4.78, 5) is 8.16. The van der Waals surface area contributed by atoms with Gasteiger partial charge in [-0.2, -0.15) is 0 Å². The van der Waals surface area contributed by atoms with Crippen LogP contribution in [0.25, 0.3) is 5.57 Å². The molecule has 0 saturated carbocycles. The highest BCUT2D eigenvalue weighted by molar-refractivity contribution is 6.09. The molecule has 1 aromatic rings. The Balaban J connectivity index is 3.01. The summed E-state index contributed by atoms with van der Waals surface area (Å²) in [5.74, 6) is 0. The molecule has 0 fully saturated rings. The lowest BCUT2D eigenvalue weighted by molar-refractivity contribution is 1.29. The van der Waals surface area contributed by atoms with Gasteiger partial charge >= 0.3 is 0 Å². The summed E-state index contributed by atoms with van der Waals surface area (Å²) in [5, 5.41) is 0. The Morgan fingerprint density at radius 3 is 2.79 bits per heavy atom. The minimum atomic E-state index is 0.873. The van der Waals surface area contributed by atoms with Gasteiger partial charge in [-0.05, 0) is 12.1 Å². The molecule has 2 heteroatoms. The van der Waals surface area contributed by atoms with E-state index < -0.39 is 0 Å². The Morgan fingerprint density at radius 1 is 1.36 bits per heavy atom. The van der Waals surface area contributed by atoms with Gasteiger partial charge in [-0.1, -0.05) is 31.4 Å². The fourth-order valence-corrected chi connectivity index (χ4v) is 0.988. The number of allylic oxidation sites excluding steroid dienone is 3. The van der Waals surface area contributed by atoms with Crippen LogP contribution in [0.4, 0.5) is 0 Å². The van der Waals surface area contributed by atoms with E-state index in [0.717, 1.165) is 11.3 Å². The molecule has 0 radical (unpaired) electrons. The molecule has 1 aromatic heterocycles. The van der Waals surface area contributed by atoms with Gasteiger partial charge in [0.05, 0.1) is 5.69 Å². The second-order valence-corrected chi connectivity index (χ2v) is 2.53. The third kappa shape index (κ3) is 2.83. The first-order chi connectivity index (χ1) is 6.88. The van der Waals surface area contributed by atoms with Gasteiger partial charge in [0.2, 0.25) is 0 Å². The van der Waals surface area contributed by atoms with Crippen molar-refractivity contribution in [3.8, 4) is 0 Å². The van der Waals surface area contributed by atoms with Crippen LogP contribution in [0.15, 0.2) is 60.9 Å². The molecule has 0 spiro atoms. The standard InChI is InChI=1S/C12H12N2/c1-3-7-11(10-13-4-2)12-8-5-6-9-14-12/h3-10H,1-2H2/b11-7+,13-10?. The van der Waals surface area contributed by atoms with Crippen molar-refractivity contribution in [2.75, 3.05) is 0 Å². The van der Waals surface area contributed by atoms with Gasteiger partial charge in [-0.25, -0.2) is 0 Å². The summed E-state index contributed by atoms with van der Waals surface area (Å²) in [5.41, 5.74) is 1.79. The van der Waals surface area contributed by atoms with E-state index in [2.05, 4.69) is 23.1 Å². The smallest absolute Gasteiger partial charge is 0.0717 e. The second-order valence-electron chi connectivity index (χ2n) is 2.53. The maximum Gasteiger partial charge on any atom is 0.0717 e. The van der Waals surface area contributed by atoms with Crippen molar-refractivity contribution in [3.63, 3.8) is 0 Å². The summed E-state index contributed by atoms with van der Waals surface area (Å²) < 4.78 is 0. The van der Waals surface area contributed by atoms with E-state index >= 15 is 0 Å². The van der Waals surface area contributed by atoms with E-state index in [1.807, 2.05) is 24.3 Å². The Kier molecular flexibility index (Phi) is 4.08. The molecule has 2 nitrogen and oxygen atoms in total. The SMILES string of the molecule is C=C/C=C(\C=NC=C)c1ccccn1. The normalized spacial score (nSPS) is 11.6. The zero-order valence-corrected chi connectivity index (χ0v) is 7.93. The lowest BCUT2D eigenvalue weighted by Gasteiger charge is -1.98. The third-order valence-corrected chi connectivity index (χ3v) is 1.58. The molecule has 0 N–H and O–H groups in total. The third-order valence-electron chi connectivity index (χ3n) is 1.58. The quantitative estimate of drug-likeness (QED) is 0.521. The van der Waals surface area contributed by atoms with E-state index in [-0.39, 0.29) is 0 Å². The molecular formula is C12H12N2. The van der Waals surface area contributed by atoms with Crippen molar-refractivity contribution < 1.29 is 0 Å². The molecule has 0 aliphatic heterocycles. The molecule has 0 atom stereocenters. The second kappa shape index (κ2) is 5.65.